The first kappa shape index (κ1) is 10.6. The van der Waals surface area contributed by atoms with Crippen molar-refractivity contribution in [3.8, 4) is 12.3 Å². The van der Waals surface area contributed by atoms with E-state index in [9.17, 15) is 5.11 Å². The van der Waals surface area contributed by atoms with E-state index in [0.29, 0.717) is 0 Å². The summed E-state index contributed by atoms with van der Waals surface area (Å²) in [6.07, 6.45) is 8.22. The number of aliphatic hydroxyl groups is 1. The summed E-state index contributed by atoms with van der Waals surface area (Å²) >= 11 is 0. The van der Waals surface area contributed by atoms with Gasteiger partial charge in [0, 0.05) is 5.92 Å². The molecule has 0 aliphatic rings. The van der Waals surface area contributed by atoms with Crippen LogP contribution in [-0.2, 0) is 0 Å². The zero-order valence-electron chi connectivity index (χ0n) is 8.22. The molecule has 1 aromatic rings. The van der Waals surface area contributed by atoms with Gasteiger partial charge in [0.15, 0.2) is 0 Å². The van der Waals surface area contributed by atoms with E-state index >= 15 is 0 Å². The molecule has 1 nitrogen and oxygen atoms in total. The van der Waals surface area contributed by atoms with Gasteiger partial charge in [0.05, 0.1) is 6.10 Å². The van der Waals surface area contributed by atoms with Gasteiger partial charge >= 0.3 is 0 Å². The zero-order valence-corrected chi connectivity index (χ0v) is 8.22. The fourth-order valence-electron chi connectivity index (χ4n) is 1.04. The highest BCUT2D eigenvalue weighted by Crippen LogP contribution is 2.06. The molecule has 0 fully saturated rings. The maximum absolute atomic E-state index is 9.55. The summed E-state index contributed by atoms with van der Waals surface area (Å²) in [7, 11) is 0. The first-order valence-corrected chi connectivity index (χ1v) is 4.61. The van der Waals surface area contributed by atoms with Crippen LogP contribution in [0.2, 0.25) is 0 Å². The van der Waals surface area contributed by atoms with Gasteiger partial charge in [-0.3, -0.25) is 0 Å². The highest BCUT2D eigenvalue weighted by molar-refractivity contribution is 5.49. The van der Waals surface area contributed by atoms with E-state index < -0.39 is 6.10 Å². The van der Waals surface area contributed by atoms with Gasteiger partial charge in [0.2, 0.25) is 0 Å². The third kappa shape index (κ3) is 3.08. The summed E-state index contributed by atoms with van der Waals surface area (Å²) < 4.78 is 0. The van der Waals surface area contributed by atoms with Crippen molar-refractivity contribution in [2.24, 2.45) is 5.92 Å². The highest BCUT2D eigenvalue weighted by atomic mass is 16.3. The standard InChI is InChI=1S/C13H14O/c1-3-11(2)13(14)10-9-12-7-5-4-6-8-12/h1,4-11,13-14H,2H3/b10-9+/t11-,13-/m0/s1. The molecule has 0 heterocycles. The molecule has 0 amide bonds. The Bertz CT molecular complexity index is 332. The fraction of sp³-hybridized carbons (Fsp3) is 0.231. The average Bonchev–Trinajstić information content (AvgIpc) is 2.26. The van der Waals surface area contributed by atoms with E-state index in [1.807, 2.05) is 43.3 Å². The molecule has 0 radical (unpaired) electrons. The second-order valence-electron chi connectivity index (χ2n) is 3.22. The lowest BCUT2D eigenvalue weighted by atomic mass is 10.0. The Labute approximate surface area is 85.1 Å². The van der Waals surface area contributed by atoms with Crippen LogP contribution < -0.4 is 0 Å². The van der Waals surface area contributed by atoms with E-state index in [0.717, 1.165) is 5.56 Å². The Morgan fingerprint density at radius 2 is 2.00 bits per heavy atom. The fourth-order valence-corrected chi connectivity index (χ4v) is 1.04. The largest absolute Gasteiger partial charge is 0.388 e. The van der Waals surface area contributed by atoms with Crippen LogP contribution in [-0.4, -0.2) is 11.2 Å². The van der Waals surface area contributed by atoms with Crippen LogP contribution in [0.25, 0.3) is 6.08 Å². The summed E-state index contributed by atoms with van der Waals surface area (Å²) in [5, 5.41) is 9.55. The van der Waals surface area contributed by atoms with Crippen LogP contribution in [0.5, 0.6) is 0 Å². The lowest BCUT2D eigenvalue weighted by molar-refractivity contribution is 0.190. The number of terminal acetylenes is 1. The molecule has 0 saturated heterocycles. The van der Waals surface area contributed by atoms with Crippen molar-refractivity contribution in [1.82, 2.24) is 0 Å². The molecule has 0 aliphatic heterocycles. The van der Waals surface area contributed by atoms with Gasteiger partial charge < -0.3 is 5.11 Å². The summed E-state index contributed by atoms with van der Waals surface area (Å²) in [5.74, 6) is 2.36. The van der Waals surface area contributed by atoms with Crippen molar-refractivity contribution in [1.29, 1.82) is 0 Å². The minimum Gasteiger partial charge on any atom is -0.388 e. The lowest BCUT2D eigenvalue weighted by Gasteiger charge is -2.07. The third-order valence-corrected chi connectivity index (χ3v) is 2.06. The molecule has 72 valence electrons. The minimum atomic E-state index is -0.569. The number of hydrogen-bond acceptors (Lipinski definition) is 1. The van der Waals surface area contributed by atoms with Gasteiger partial charge in [0.25, 0.3) is 0 Å². The van der Waals surface area contributed by atoms with Crippen molar-refractivity contribution in [2.75, 3.05) is 0 Å². The molecular formula is C13H14O. The lowest BCUT2D eigenvalue weighted by Crippen LogP contribution is -2.12. The first-order chi connectivity index (χ1) is 6.74. The van der Waals surface area contributed by atoms with Gasteiger partial charge in [-0.25, -0.2) is 0 Å². The summed E-state index contributed by atoms with van der Waals surface area (Å²) in [6, 6.07) is 9.82. The van der Waals surface area contributed by atoms with E-state index in [-0.39, 0.29) is 5.92 Å². The molecule has 0 bridgehead atoms. The van der Waals surface area contributed by atoms with E-state index in [1.165, 1.54) is 0 Å². The third-order valence-electron chi connectivity index (χ3n) is 2.06. The Morgan fingerprint density at radius 1 is 1.36 bits per heavy atom. The Hall–Kier alpha value is -1.52. The molecule has 2 atom stereocenters. The van der Waals surface area contributed by atoms with Gasteiger partial charge in [-0.05, 0) is 12.5 Å². The maximum atomic E-state index is 9.55. The number of rotatable bonds is 3. The Morgan fingerprint density at radius 3 is 2.57 bits per heavy atom. The predicted octanol–water partition coefficient (Wildman–Crippen LogP) is 2.33. The van der Waals surface area contributed by atoms with E-state index in [2.05, 4.69) is 5.92 Å². The maximum Gasteiger partial charge on any atom is 0.0858 e. The Kier molecular flexibility index (Phi) is 3.97. The second-order valence-corrected chi connectivity index (χ2v) is 3.22. The minimum absolute atomic E-state index is 0.144. The predicted molar refractivity (Wildman–Crippen MR) is 59.5 cm³/mol. The van der Waals surface area contributed by atoms with Gasteiger partial charge in [0.1, 0.15) is 0 Å². The van der Waals surface area contributed by atoms with E-state index in [1.54, 1.807) is 6.08 Å². The van der Waals surface area contributed by atoms with Crippen molar-refractivity contribution in [2.45, 2.75) is 13.0 Å². The van der Waals surface area contributed by atoms with Crippen LogP contribution in [0.1, 0.15) is 12.5 Å². The van der Waals surface area contributed by atoms with E-state index in [4.69, 9.17) is 6.42 Å². The topological polar surface area (TPSA) is 20.2 Å². The molecule has 0 spiro atoms. The van der Waals surface area contributed by atoms with Crippen LogP contribution in [0.4, 0.5) is 0 Å². The molecule has 1 heteroatoms. The van der Waals surface area contributed by atoms with Crippen LogP contribution in [0.15, 0.2) is 36.4 Å². The normalized spacial score (nSPS) is 14.9. The van der Waals surface area contributed by atoms with Crippen LogP contribution >= 0.6 is 0 Å². The smallest absolute Gasteiger partial charge is 0.0858 e. The molecule has 1 N–H and O–H groups in total. The quantitative estimate of drug-likeness (QED) is 0.718. The van der Waals surface area contributed by atoms with Gasteiger partial charge in [-0.1, -0.05) is 42.5 Å². The van der Waals surface area contributed by atoms with Gasteiger partial charge in [-0.15, -0.1) is 12.3 Å². The first-order valence-electron chi connectivity index (χ1n) is 4.61. The molecule has 0 aromatic heterocycles. The molecule has 0 aliphatic carbocycles. The number of benzene rings is 1. The molecule has 1 aromatic carbocycles. The van der Waals surface area contributed by atoms with Crippen LogP contribution in [0.3, 0.4) is 0 Å². The number of aliphatic hydroxyl groups excluding tert-OH is 1. The SMILES string of the molecule is C#C[C@H](C)[C@@H](O)/C=C/c1ccccc1. The molecule has 1 rings (SSSR count). The van der Waals surface area contributed by atoms with Gasteiger partial charge in [-0.2, -0.15) is 0 Å². The average molecular weight is 186 g/mol. The molecule has 0 saturated carbocycles. The van der Waals surface area contributed by atoms with Crippen molar-refractivity contribution in [3.63, 3.8) is 0 Å². The second kappa shape index (κ2) is 5.26. The zero-order chi connectivity index (χ0) is 10.4. The van der Waals surface area contributed by atoms with Crippen LogP contribution in [0, 0.1) is 18.3 Å². The summed E-state index contributed by atoms with van der Waals surface area (Å²) in [4.78, 5) is 0. The summed E-state index contributed by atoms with van der Waals surface area (Å²) in [6.45, 7) is 1.82. The summed E-state index contributed by atoms with van der Waals surface area (Å²) in [5.41, 5.74) is 1.07. The van der Waals surface area contributed by atoms with Crippen molar-refractivity contribution in [3.05, 3.63) is 42.0 Å². The number of hydrogen-bond donors (Lipinski definition) is 1. The molecule has 14 heavy (non-hydrogen) atoms. The molecular weight excluding hydrogens is 172 g/mol. The molecule has 0 unspecified atom stereocenters. The monoisotopic (exact) mass is 186 g/mol. The van der Waals surface area contributed by atoms with Crippen molar-refractivity contribution >= 4 is 6.08 Å². The Balaban J connectivity index is 2.61. The van der Waals surface area contributed by atoms with Crippen molar-refractivity contribution < 1.29 is 5.11 Å². The highest BCUT2D eigenvalue weighted by Gasteiger charge is 2.06.